The minimum atomic E-state index is -0.00666. The van der Waals surface area contributed by atoms with Gasteiger partial charge in [-0.2, -0.15) is 11.8 Å². The largest absolute Gasteiger partial charge is 0.355 e. The van der Waals surface area contributed by atoms with Crippen molar-refractivity contribution in [3.8, 4) is 0 Å². The fourth-order valence-electron chi connectivity index (χ4n) is 3.43. The quantitative estimate of drug-likeness (QED) is 0.626. The number of thioether (sulfide) groups is 1. The summed E-state index contributed by atoms with van der Waals surface area (Å²) in [4.78, 5) is 26.5. The van der Waals surface area contributed by atoms with E-state index >= 15 is 0 Å². The topological polar surface area (TPSA) is 49.4 Å². The summed E-state index contributed by atoms with van der Waals surface area (Å²) in [6.07, 6.45) is 10.6. The van der Waals surface area contributed by atoms with E-state index < -0.39 is 0 Å². The fraction of sp³-hybridized carbons (Fsp3) is 0.875. The average molecular weight is 312 g/mol. The number of rotatable bonds is 5. The Labute approximate surface area is 132 Å². The van der Waals surface area contributed by atoms with Crippen molar-refractivity contribution in [2.75, 3.05) is 25.1 Å². The molecule has 1 aliphatic carbocycles. The molecule has 0 bridgehead atoms. The molecule has 0 aromatic rings. The summed E-state index contributed by atoms with van der Waals surface area (Å²) >= 11 is 1.74. The molecule has 1 heterocycles. The van der Waals surface area contributed by atoms with Crippen molar-refractivity contribution in [1.29, 1.82) is 0 Å². The van der Waals surface area contributed by atoms with E-state index in [4.69, 9.17) is 0 Å². The zero-order valence-corrected chi connectivity index (χ0v) is 13.9. The van der Waals surface area contributed by atoms with Crippen molar-refractivity contribution in [3.05, 3.63) is 0 Å². The van der Waals surface area contributed by atoms with Gasteiger partial charge >= 0.3 is 0 Å². The Hall–Kier alpha value is -0.710. The molecule has 4 nitrogen and oxygen atoms in total. The minimum Gasteiger partial charge on any atom is -0.355 e. The summed E-state index contributed by atoms with van der Waals surface area (Å²) in [7, 11) is 0. The minimum absolute atomic E-state index is 0.00666. The van der Waals surface area contributed by atoms with Crippen LogP contribution in [-0.2, 0) is 9.59 Å². The summed E-state index contributed by atoms with van der Waals surface area (Å²) in [6.45, 7) is 1.36. The van der Waals surface area contributed by atoms with Gasteiger partial charge in [-0.15, -0.1) is 0 Å². The van der Waals surface area contributed by atoms with Crippen molar-refractivity contribution in [3.63, 3.8) is 0 Å². The maximum atomic E-state index is 12.2. The van der Waals surface area contributed by atoms with E-state index in [-0.39, 0.29) is 17.7 Å². The molecule has 1 N–H and O–H groups in total. The van der Waals surface area contributed by atoms with Crippen molar-refractivity contribution >= 4 is 23.6 Å². The molecular weight excluding hydrogens is 284 g/mol. The smallest absolute Gasteiger partial charge is 0.224 e. The molecule has 21 heavy (non-hydrogen) atoms. The Bertz CT molecular complexity index is 354. The Morgan fingerprint density at radius 3 is 2.62 bits per heavy atom. The van der Waals surface area contributed by atoms with Gasteiger partial charge in [0.05, 0.1) is 5.92 Å². The summed E-state index contributed by atoms with van der Waals surface area (Å²) < 4.78 is 0. The molecule has 5 heteroatoms. The first kappa shape index (κ1) is 16.7. The Morgan fingerprint density at radius 1 is 1.24 bits per heavy atom. The number of hydrogen-bond donors (Lipinski definition) is 1. The lowest BCUT2D eigenvalue weighted by Crippen LogP contribution is -2.50. The summed E-state index contributed by atoms with van der Waals surface area (Å²) in [5.74, 6) is 1.34. The molecule has 1 saturated carbocycles. The molecule has 2 fully saturated rings. The predicted octanol–water partition coefficient (Wildman–Crippen LogP) is 2.43. The van der Waals surface area contributed by atoms with Crippen LogP contribution in [0, 0.1) is 5.92 Å². The Kier molecular flexibility index (Phi) is 6.87. The number of amides is 2. The average Bonchev–Trinajstić information content (AvgIpc) is 2.77. The van der Waals surface area contributed by atoms with Gasteiger partial charge in [0.15, 0.2) is 0 Å². The number of nitrogens with zero attached hydrogens (tertiary/aromatic N) is 1. The van der Waals surface area contributed by atoms with Gasteiger partial charge in [0.2, 0.25) is 11.8 Å². The molecule has 0 aromatic heterocycles. The molecule has 2 amide bonds. The molecule has 2 rings (SSSR count). The van der Waals surface area contributed by atoms with Crippen LogP contribution in [0.15, 0.2) is 0 Å². The highest BCUT2D eigenvalue weighted by molar-refractivity contribution is 7.98. The van der Waals surface area contributed by atoms with E-state index in [9.17, 15) is 9.59 Å². The monoisotopic (exact) mass is 312 g/mol. The number of likely N-dealkylation sites (tertiary alicyclic amines) is 1. The highest BCUT2D eigenvalue weighted by atomic mass is 32.2. The Morgan fingerprint density at radius 2 is 1.95 bits per heavy atom. The van der Waals surface area contributed by atoms with Gasteiger partial charge < -0.3 is 10.2 Å². The normalized spacial score (nSPS) is 24.7. The van der Waals surface area contributed by atoms with Crippen molar-refractivity contribution in [2.24, 2.45) is 5.92 Å². The van der Waals surface area contributed by atoms with Gasteiger partial charge in [-0.05, 0) is 25.5 Å². The molecule has 0 radical (unpaired) electrons. The maximum absolute atomic E-state index is 12.2. The maximum Gasteiger partial charge on any atom is 0.224 e. The van der Waals surface area contributed by atoms with E-state index in [1.165, 1.54) is 25.7 Å². The van der Waals surface area contributed by atoms with E-state index in [0.717, 1.165) is 25.1 Å². The van der Waals surface area contributed by atoms with E-state index in [1.807, 2.05) is 11.2 Å². The molecule has 0 spiro atoms. The van der Waals surface area contributed by atoms with Crippen LogP contribution in [0.4, 0.5) is 0 Å². The highest BCUT2D eigenvalue weighted by Crippen LogP contribution is 2.27. The van der Waals surface area contributed by atoms with Crippen LogP contribution in [0.3, 0.4) is 0 Å². The second-order valence-electron chi connectivity index (χ2n) is 6.21. The molecule has 2 aliphatic rings. The van der Waals surface area contributed by atoms with Crippen LogP contribution in [0.25, 0.3) is 0 Å². The standard InChI is InChI=1S/C16H28N2O2S/c1-21-11-10-17-16(20)13-8-9-15(19)18(12-13)14-6-4-2-3-5-7-14/h13-14H,2-12H2,1H3,(H,17,20). The molecule has 1 aliphatic heterocycles. The van der Waals surface area contributed by atoms with Gasteiger partial charge in [-0.3, -0.25) is 9.59 Å². The molecular formula is C16H28N2O2S. The van der Waals surface area contributed by atoms with Gasteiger partial charge in [0.25, 0.3) is 0 Å². The SMILES string of the molecule is CSCCNC(=O)C1CCC(=O)N(C2CCCCCC2)C1. The first-order valence-electron chi connectivity index (χ1n) is 8.28. The van der Waals surface area contributed by atoms with Crippen molar-refractivity contribution in [1.82, 2.24) is 10.2 Å². The summed E-state index contributed by atoms with van der Waals surface area (Å²) in [5.41, 5.74) is 0. The summed E-state index contributed by atoms with van der Waals surface area (Å²) in [5, 5.41) is 3.01. The zero-order valence-electron chi connectivity index (χ0n) is 13.1. The van der Waals surface area contributed by atoms with Crippen molar-refractivity contribution < 1.29 is 9.59 Å². The van der Waals surface area contributed by atoms with E-state index in [1.54, 1.807) is 11.8 Å². The third kappa shape index (κ3) is 4.90. The lowest BCUT2D eigenvalue weighted by Gasteiger charge is -2.37. The van der Waals surface area contributed by atoms with Gasteiger partial charge in [-0.25, -0.2) is 0 Å². The third-order valence-corrected chi connectivity index (χ3v) is 5.30. The fourth-order valence-corrected chi connectivity index (χ4v) is 3.73. The third-order valence-electron chi connectivity index (χ3n) is 4.69. The number of carbonyl (C=O) groups excluding carboxylic acids is 2. The predicted molar refractivity (Wildman–Crippen MR) is 87.3 cm³/mol. The lowest BCUT2D eigenvalue weighted by atomic mass is 9.93. The Balaban J connectivity index is 1.88. The molecule has 120 valence electrons. The van der Waals surface area contributed by atoms with Crippen LogP contribution in [0.1, 0.15) is 51.4 Å². The van der Waals surface area contributed by atoms with Crippen LogP contribution in [0.2, 0.25) is 0 Å². The van der Waals surface area contributed by atoms with Gasteiger partial charge in [-0.1, -0.05) is 25.7 Å². The molecule has 1 unspecified atom stereocenters. The molecule has 1 saturated heterocycles. The van der Waals surface area contributed by atoms with Crippen LogP contribution < -0.4 is 5.32 Å². The van der Waals surface area contributed by atoms with Crippen LogP contribution in [0.5, 0.6) is 0 Å². The van der Waals surface area contributed by atoms with Crippen LogP contribution in [-0.4, -0.2) is 47.9 Å². The highest BCUT2D eigenvalue weighted by Gasteiger charge is 2.34. The number of carbonyl (C=O) groups is 2. The summed E-state index contributed by atoms with van der Waals surface area (Å²) in [6, 6.07) is 0.377. The second-order valence-corrected chi connectivity index (χ2v) is 7.20. The van der Waals surface area contributed by atoms with Crippen molar-refractivity contribution in [2.45, 2.75) is 57.4 Å². The lowest BCUT2D eigenvalue weighted by molar-refractivity contribution is -0.141. The number of piperidine rings is 1. The van der Waals surface area contributed by atoms with E-state index in [0.29, 0.717) is 25.4 Å². The number of nitrogens with one attached hydrogen (secondary N) is 1. The first-order chi connectivity index (χ1) is 10.2. The number of hydrogen-bond acceptors (Lipinski definition) is 3. The first-order valence-corrected chi connectivity index (χ1v) is 9.68. The molecule has 0 aromatic carbocycles. The zero-order chi connectivity index (χ0) is 15.1. The van der Waals surface area contributed by atoms with Gasteiger partial charge in [0, 0.05) is 31.3 Å². The van der Waals surface area contributed by atoms with Gasteiger partial charge in [0.1, 0.15) is 0 Å². The second kappa shape index (κ2) is 8.66. The molecule has 1 atom stereocenters. The van der Waals surface area contributed by atoms with E-state index in [2.05, 4.69) is 5.32 Å². The van der Waals surface area contributed by atoms with Crippen LogP contribution >= 0.6 is 11.8 Å².